The standard InChI is InChI=1S/C20H20N2O2/c1-15-5-3-4-6-19(15)20(24)17(14-21)13-16-7-9-18(10-8-16)22(2)11-12-23/h3-10,13,23H,11-12H2,1-2H3/b17-13+. The molecule has 0 heterocycles. The Morgan fingerprint density at radius 3 is 2.46 bits per heavy atom. The van der Waals surface area contributed by atoms with Crippen LogP contribution in [0.2, 0.25) is 0 Å². The normalized spacial score (nSPS) is 11.0. The van der Waals surface area contributed by atoms with E-state index in [0.29, 0.717) is 12.1 Å². The summed E-state index contributed by atoms with van der Waals surface area (Å²) in [5.74, 6) is -0.267. The Hall–Kier alpha value is -2.90. The molecule has 0 aliphatic heterocycles. The molecule has 4 nitrogen and oxygen atoms in total. The number of anilines is 1. The van der Waals surface area contributed by atoms with Gasteiger partial charge in [-0.15, -0.1) is 0 Å². The van der Waals surface area contributed by atoms with Crippen molar-refractivity contribution in [3.05, 3.63) is 70.8 Å². The minimum Gasteiger partial charge on any atom is -0.395 e. The number of allylic oxidation sites excluding steroid dienone is 1. The summed E-state index contributed by atoms with van der Waals surface area (Å²) < 4.78 is 0. The number of hydrogen-bond donors (Lipinski definition) is 1. The second kappa shape index (κ2) is 8.09. The molecule has 0 fully saturated rings. The first kappa shape index (κ1) is 17.5. The summed E-state index contributed by atoms with van der Waals surface area (Å²) in [6.45, 7) is 2.49. The van der Waals surface area contributed by atoms with E-state index in [9.17, 15) is 10.1 Å². The lowest BCUT2D eigenvalue weighted by Crippen LogP contribution is -2.20. The monoisotopic (exact) mass is 320 g/mol. The summed E-state index contributed by atoms with van der Waals surface area (Å²) >= 11 is 0. The number of hydrogen-bond acceptors (Lipinski definition) is 4. The predicted octanol–water partition coefficient (Wildman–Crippen LogP) is 3.21. The fourth-order valence-corrected chi connectivity index (χ4v) is 2.39. The Morgan fingerprint density at radius 1 is 1.21 bits per heavy atom. The summed E-state index contributed by atoms with van der Waals surface area (Å²) in [5, 5.41) is 18.3. The largest absolute Gasteiger partial charge is 0.395 e. The molecule has 0 aliphatic rings. The highest BCUT2D eigenvalue weighted by Crippen LogP contribution is 2.18. The lowest BCUT2D eigenvalue weighted by atomic mass is 9.98. The molecule has 2 aromatic carbocycles. The zero-order valence-corrected chi connectivity index (χ0v) is 13.9. The van der Waals surface area contributed by atoms with Gasteiger partial charge in [-0.1, -0.05) is 36.4 Å². The van der Waals surface area contributed by atoms with Crippen LogP contribution in [0.4, 0.5) is 5.69 Å². The summed E-state index contributed by atoms with van der Waals surface area (Å²) in [5.41, 5.74) is 3.26. The molecule has 0 saturated carbocycles. The quantitative estimate of drug-likeness (QED) is 0.504. The molecule has 122 valence electrons. The summed E-state index contributed by atoms with van der Waals surface area (Å²) in [6, 6.07) is 16.7. The number of rotatable bonds is 6. The Balaban J connectivity index is 2.26. The van der Waals surface area contributed by atoms with Gasteiger partial charge in [-0.3, -0.25) is 4.79 Å². The minimum atomic E-state index is -0.267. The highest BCUT2D eigenvalue weighted by atomic mass is 16.3. The molecule has 0 aromatic heterocycles. The number of nitrogens with zero attached hydrogens (tertiary/aromatic N) is 2. The zero-order chi connectivity index (χ0) is 17.5. The lowest BCUT2D eigenvalue weighted by molar-refractivity contribution is 0.103. The first-order valence-electron chi connectivity index (χ1n) is 7.71. The lowest BCUT2D eigenvalue weighted by Gasteiger charge is -2.17. The van der Waals surface area contributed by atoms with E-state index < -0.39 is 0 Å². The average molecular weight is 320 g/mol. The number of benzene rings is 2. The molecule has 2 aromatic rings. The van der Waals surface area contributed by atoms with Crippen LogP contribution in [-0.2, 0) is 0 Å². The molecule has 1 N–H and O–H groups in total. The SMILES string of the molecule is Cc1ccccc1C(=O)/C(C#N)=C/c1ccc(N(C)CCO)cc1. The molecule has 24 heavy (non-hydrogen) atoms. The highest BCUT2D eigenvalue weighted by Gasteiger charge is 2.14. The van der Waals surface area contributed by atoms with E-state index in [1.807, 2.05) is 61.3 Å². The van der Waals surface area contributed by atoms with E-state index in [0.717, 1.165) is 16.8 Å². The second-order valence-corrected chi connectivity index (χ2v) is 5.55. The van der Waals surface area contributed by atoms with E-state index >= 15 is 0 Å². The van der Waals surface area contributed by atoms with Crippen LogP contribution >= 0.6 is 0 Å². The molecule has 0 radical (unpaired) electrons. The van der Waals surface area contributed by atoms with Crippen LogP contribution < -0.4 is 4.90 Å². The molecule has 0 atom stereocenters. The summed E-state index contributed by atoms with van der Waals surface area (Å²) in [6.07, 6.45) is 1.60. The van der Waals surface area contributed by atoms with E-state index in [4.69, 9.17) is 5.11 Å². The maximum atomic E-state index is 12.5. The Labute approximate surface area is 142 Å². The molecule has 0 unspecified atom stereocenters. The van der Waals surface area contributed by atoms with E-state index in [1.54, 1.807) is 18.2 Å². The number of aryl methyl sites for hydroxylation is 1. The van der Waals surface area contributed by atoms with Crippen molar-refractivity contribution in [2.24, 2.45) is 0 Å². The minimum absolute atomic E-state index is 0.0850. The third-order valence-electron chi connectivity index (χ3n) is 3.84. The van der Waals surface area contributed by atoms with Crippen LogP contribution in [0.15, 0.2) is 54.1 Å². The van der Waals surface area contributed by atoms with Crippen LogP contribution in [-0.4, -0.2) is 31.1 Å². The number of Topliss-reactive ketones (excluding diaryl/α,β-unsaturated/α-hetero) is 1. The maximum Gasteiger partial charge on any atom is 0.203 e. The smallest absolute Gasteiger partial charge is 0.203 e. The second-order valence-electron chi connectivity index (χ2n) is 5.55. The van der Waals surface area contributed by atoms with Crippen LogP contribution in [0.3, 0.4) is 0 Å². The number of aliphatic hydroxyl groups excluding tert-OH is 1. The first-order valence-corrected chi connectivity index (χ1v) is 7.71. The number of carbonyl (C=O) groups is 1. The van der Waals surface area contributed by atoms with Crippen molar-refractivity contribution in [3.8, 4) is 6.07 Å². The van der Waals surface area contributed by atoms with E-state index in [1.165, 1.54) is 0 Å². The van der Waals surface area contributed by atoms with Gasteiger partial charge >= 0.3 is 0 Å². The van der Waals surface area contributed by atoms with E-state index in [-0.39, 0.29) is 18.0 Å². The van der Waals surface area contributed by atoms with Crippen molar-refractivity contribution in [1.82, 2.24) is 0 Å². The molecular formula is C20H20N2O2. The average Bonchev–Trinajstić information content (AvgIpc) is 2.60. The fraction of sp³-hybridized carbons (Fsp3) is 0.200. The molecule has 4 heteroatoms. The first-order chi connectivity index (χ1) is 11.6. The Morgan fingerprint density at radius 2 is 1.88 bits per heavy atom. The van der Waals surface area contributed by atoms with Crippen molar-refractivity contribution in [1.29, 1.82) is 5.26 Å². The topological polar surface area (TPSA) is 64.3 Å². The van der Waals surface area contributed by atoms with Gasteiger partial charge in [-0.05, 0) is 36.3 Å². The van der Waals surface area contributed by atoms with Crippen molar-refractivity contribution in [2.45, 2.75) is 6.92 Å². The van der Waals surface area contributed by atoms with Gasteiger partial charge in [-0.2, -0.15) is 5.26 Å². The third-order valence-corrected chi connectivity index (χ3v) is 3.84. The molecule has 0 aliphatic carbocycles. The molecule has 2 rings (SSSR count). The fourth-order valence-electron chi connectivity index (χ4n) is 2.39. The van der Waals surface area contributed by atoms with Gasteiger partial charge in [0.15, 0.2) is 0 Å². The van der Waals surface area contributed by atoms with Crippen molar-refractivity contribution in [3.63, 3.8) is 0 Å². The van der Waals surface area contributed by atoms with Crippen LogP contribution in [0.1, 0.15) is 21.5 Å². The van der Waals surface area contributed by atoms with Crippen LogP contribution in [0.5, 0.6) is 0 Å². The molecule has 0 saturated heterocycles. The Kier molecular flexibility index (Phi) is 5.89. The number of likely N-dealkylation sites (N-methyl/N-ethyl adjacent to an activating group) is 1. The van der Waals surface area contributed by atoms with Crippen molar-refractivity contribution in [2.75, 3.05) is 25.1 Å². The van der Waals surface area contributed by atoms with Crippen LogP contribution in [0.25, 0.3) is 6.08 Å². The molecule has 0 bridgehead atoms. The van der Waals surface area contributed by atoms with Crippen LogP contribution in [0, 0.1) is 18.3 Å². The predicted molar refractivity (Wildman–Crippen MR) is 95.9 cm³/mol. The highest BCUT2D eigenvalue weighted by molar-refractivity contribution is 6.14. The molecule has 0 amide bonds. The van der Waals surface area contributed by atoms with Gasteiger partial charge in [0, 0.05) is 24.8 Å². The van der Waals surface area contributed by atoms with Gasteiger partial charge in [-0.25, -0.2) is 0 Å². The number of aliphatic hydroxyl groups is 1. The number of nitriles is 1. The van der Waals surface area contributed by atoms with Gasteiger partial charge in [0.05, 0.1) is 6.61 Å². The number of ketones is 1. The van der Waals surface area contributed by atoms with Gasteiger partial charge in [0.1, 0.15) is 11.6 Å². The molecular weight excluding hydrogens is 300 g/mol. The zero-order valence-electron chi connectivity index (χ0n) is 13.9. The third kappa shape index (κ3) is 4.09. The molecule has 0 spiro atoms. The van der Waals surface area contributed by atoms with Gasteiger partial charge < -0.3 is 10.0 Å². The van der Waals surface area contributed by atoms with Gasteiger partial charge in [0.25, 0.3) is 0 Å². The van der Waals surface area contributed by atoms with Crippen molar-refractivity contribution >= 4 is 17.5 Å². The Bertz CT molecular complexity index is 786. The summed E-state index contributed by atoms with van der Waals surface area (Å²) in [4.78, 5) is 14.5. The van der Waals surface area contributed by atoms with Gasteiger partial charge in [0.2, 0.25) is 5.78 Å². The van der Waals surface area contributed by atoms with E-state index in [2.05, 4.69) is 0 Å². The maximum absolute atomic E-state index is 12.5. The van der Waals surface area contributed by atoms with Crippen molar-refractivity contribution < 1.29 is 9.90 Å². The summed E-state index contributed by atoms with van der Waals surface area (Å²) in [7, 11) is 1.89. The number of carbonyl (C=O) groups excluding carboxylic acids is 1.